The molecule has 2 aromatic carbocycles. The number of nitrogens with zero attached hydrogens (tertiary/aromatic N) is 1. The average molecular weight is 311 g/mol. The van der Waals surface area contributed by atoms with Crippen LogP contribution in [0.5, 0.6) is 5.75 Å². The highest BCUT2D eigenvalue weighted by molar-refractivity contribution is 5.99. The number of anilines is 1. The predicted molar refractivity (Wildman–Crippen MR) is 92.8 cm³/mol. The van der Waals surface area contributed by atoms with Gasteiger partial charge >= 0.3 is 0 Å². The van der Waals surface area contributed by atoms with Crippen molar-refractivity contribution in [2.75, 3.05) is 12.3 Å². The SMILES string of the molecule is CCCCOc1ccccc1/C=N/NC(=O)c1ccccc1N. The van der Waals surface area contributed by atoms with Gasteiger partial charge in [-0.2, -0.15) is 5.10 Å². The molecule has 1 amide bonds. The Morgan fingerprint density at radius 2 is 1.96 bits per heavy atom. The molecular weight excluding hydrogens is 290 g/mol. The van der Waals surface area contributed by atoms with Crippen molar-refractivity contribution in [1.29, 1.82) is 0 Å². The topological polar surface area (TPSA) is 76.7 Å². The van der Waals surface area contributed by atoms with Crippen LogP contribution in [0.4, 0.5) is 5.69 Å². The summed E-state index contributed by atoms with van der Waals surface area (Å²) in [7, 11) is 0. The first-order chi connectivity index (χ1) is 11.2. The van der Waals surface area contributed by atoms with E-state index in [0.717, 1.165) is 24.2 Å². The van der Waals surface area contributed by atoms with Crippen molar-refractivity contribution < 1.29 is 9.53 Å². The summed E-state index contributed by atoms with van der Waals surface area (Å²) in [6, 6.07) is 14.4. The number of nitrogens with one attached hydrogen (secondary N) is 1. The van der Waals surface area contributed by atoms with Gasteiger partial charge in [0.15, 0.2) is 0 Å². The van der Waals surface area contributed by atoms with Crippen LogP contribution in [0.15, 0.2) is 53.6 Å². The summed E-state index contributed by atoms with van der Waals surface area (Å²) in [6.07, 6.45) is 3.64. The Bertz CT molecular complexity index is 683. The molecule has 0 radical (unpaired) electrons. The van der Waals surface area contributed by atoms with Gasteiger partial charge in [-0.3, -0.25) is 4.79 Å². The van der Waals surface area contributed by atoms with E-state index in [1.54, 1.807) is 30.5 Å². The van der Waals surface area contributed by atoms with Crippen LogP contribution in [0.3, 0.4) is 0 Å². The summed E-state index contributed by atoms with van der Waals surface area (Å²) in [4.78, 5) is 12.0. The van der Waals surface area contributed by atoms with Gasteiger partial charge in [0.25, 0.3) is 5.91 Å². The van der Waals surface area contributed by atoms with Crippen LogP contribution < -0.4 is 15.9 Å². The third kappa shape index (κ3) is 4.85. The quantitative estimate of drug-likeness (QED) is 0.357. The smallest absolute Gasteiger partial charge is 0.273 e. The molecule has 0 heterocycles. The predicted octanol–water partition coefficient (Wildman–Crippen LogP) is 3.21. The Morgan fingerprint density at radius 1 is 1.22 bits per heavy atom. The van der Waals surface area contributed by atoms with E-state index < -0.39 is 0 Å². The van der Waals surface area contributed by atoms with Gasteiger partial charge in [0.1, 0.15) is 5.75 Å². The highest BCUT2D eigenvalue weighted by Crippen LogP contribution is 2.16. The van der Waals surface area contributed by atoms with E-state index in [2.05, 4.69) is 17.5 Å². The number of para-hydroxylation sites is 2. The van der Waals surface area contributed by atoms with Crippen molar-refractivity contribution in [1.82, 2.24) is 5.43 Å². The number of ether oxygens (including phenoxy) is 1. The average Bonchev–Trinajstić information content (AvgIpc) is 2.57. The van der Waals surface area contributed by atoms with Gasteiger partial charge < -0.3 is 10.5 Å². The maximum Gasteiger partial charge on any atom is 0.273 e. The van der Waals surface area contributed by atoms with Crippen LogP contribution >= 0.6 is 0 Å². The molecule has 3 N–H and O–H groups in total. The first-order valence-corrected chi connectivity index (χ1v) is 7.62. The summed E-state index contributed by atoms with van der Waals surface area (Å²) in [5, 5.41) is 3.99. The lowest BCUT2D eigenvalue weighted by molar-refractivity contribution is 0.0956. The molecule has 0 saturated carbocycles. The van der Waals surface area contributed by atoms with Gasteiger partial charge in [-0.05, 0) is 30.7 Å². The minimum absolute atomic E-state index is 0.344. The molecule has 0 spiro atoms. The fourth-order valence-electron chi connectivity index (χ4n) is 1.97. The molecule has 0 aromatic heterocycles. The van der Waals surface area contributed by atoms with E-state index in [9.17, 15) is 4.79 Å². The number of benzene rings is 2. The third-order valence-electron chi connectivity index (χ3n) is 3.25. The van der Waals surface area contributed by atoms with Gasteiger partial charge in [0.2, 0.25) is 0 Å². The molecule has 0 aliphatic heterocycles. The molecular formula is C18H21N3O2. The van der Waals surface area contributed by atoms with E-state index in [1.165, 1.54) is 0 Å². The van der Waals surface area contributed by atoms with Crippen LogP contribution in [0, 0.1) is 0 Å². The van der Waals surface area contributed by atoms with Crippen molar-refractivity contribution in [3.05, 3.63) is 59.7 Å². The number of unbranched alkanes of at least 4 members (excludes halogenated alkanes) is 1. The molecule has 0 aliphatic carbocycles. The molecule has 0 bridgehead atoms. The van der Waals surface area contributed by atoms with Crippen LogP contribution in [0.2, 0.25) is 0 Å². The molecule has 0 aliphatic rings. The van der Waals surface area contributed by atoms with Gasteiger partial charge in [-0.25, -0.2) is 5.43 Å². The lowest BCUT2D eigenvalue weighted by Gasteiger charge is -2.08. The number of rotatable bonds is 7. The zero-order valence-electron chi connectivity index (χ0n) is 13.2. The lowest BCUT2D eigenvalue weighted by atomic mass is 10.2. The summed E-state index contributed by atoms with van der Waals surface area (Å²) in [6.45, 7) is 2.77. The van der Waals surface area contributed by atoms with Crippen molar-refractivity contribution in [3.63, 3.8) is 0 Å². The lowest BCUT2D eigenvalue weighted by Crippen LogP contribution is -2.19. The van der Waals surface area contributed by atoms with Crippen LogP contribution in [0.1, 0.15) is 35.7 Å². The molecule has 120 valence electrons. The zero-order valence-corrected chi connectivity index (χ0v) is 13.2. The minimum atomic E-state index is -0.344. The van der Waals surface area contributed by atoms with Gasteiger partial charge in [-0.15, -0.1) is 0 Å². The molecule has 0 atom stereocenters. The first-order valence-electron chi connectivity index (χ1n) is 7.62. The number of hydrogen-bond donors (Lipinski definition) is 2. The summed E-state index contributed by atoms with van der Waals surface area (Å²) in [5.41, 5.74) is 9.87. The van der Waals surface area contributed by atoms with Gasteiger partial charge in [-0.1, -0.05) is 37.6 Å². The highest BCUT2D eigenvalue weighted by Gasteiger charge is 2.07. The van der Waals surface area contributed by atoms with E-state index >= 15 is 0 Å². The Labute approximate surface area is 136 Å². The number of carbonyl (C=O) groups is 1. The van der Waals surface area contributed by atoms with E-state index in [4.69, 9.17) is 10.5 Å². The Morgan fingerprint density at radius 3 is 2.74 bits per heavy atom. The molecule has 23 heavy (non-hydrogen) atoms. The largest absolute Gasteiger partial charge is 0.493 e. The highest BCUT2D eigenvalue weighted by atomic mass is 16.5. The number of hydrazone groups is 1. The molecule has 0 unspecified atom stereocenters. The number of carbonyl (C=O) groups excluding carboxylic acids is 1. The van der Waals surface area contributed by atoms with Crippen LogP contribution in [0.25, 0.3) is 0 Å². The normalized spacial score (nSPS) is 10.7. The monoisotopic (exact) mass is 311 g/mol. The Kier molecular flexibility index (Phi) is 6.17. The van der Waals surface area contributed by atoms with Crippen molar-refractivity contribution in [3.8, 4) is 5.75 Å². The summed E-state index contributed by atoms with van der Waals surface area (Å²) < 4.78 is 5.71. The molecule has 5 nitrogen and oxygen atoms in total. The number of hydrogen-bond acceptors (Lipinski definition) is 4. The molecule has 0 saturated heterocycles. The molecule has 2 rings (SSSR count). The second-order valence-corrected chi connectivity index (χ2v) is 5.03. The van der Waals surface area contributed by atoms with Gasteiger partial charge in [0.05, 0.1) is 18.4 Å². The van der Waals surface area contributed by atoms with Crippen molar-refractivity contribution >= 4 is 17.8 Å². The van der Waals surface area contributed by atoms with E-state index in [0.29, 0.717) is 17.9 Å². The van der Waals surface area contributed by atoms with E-state index in [1.807, 2.05) is 24.3 Å². The first kappa shape index (κ1) is 16.5. The minimum Gasteiger partial charge on any atom is -0.493 e. The van der Waals surface area contributed by atoms with Crippen molar-refractivity contribution in [2.45, 2.75) is 19.8 Å². The molecule has 5 heteroatoms. The second-order valence-electron chi connectivity index (χ2n) is 5.03. The standard InChI is InChI=1S/C18H21N3O2/c1-2-3-12-23-17-11-7-4-8-14(17)13-20-21-18(22)15-9-5-6-10-16(15)19/h4-11,13H,2-3,12,19H2,1H3,(H,21,22)/b20-13+. The van der Waals surface area contributed by atoms with Crippen LogP contribution in [-0.2, 0) is 0 Å². The number of amides is 1. The number of nitrogens with two attached hydrogens (primary N) is 1. The Hall–Kier alpha value is -2.82. The second kappa shape index (κ2) is 8.58. The Balaban J connectivity index is 2.00. The summed E-state index contributed by atoms with van der Waals surface area (Å²) in [5.74, 6) is 0.405. The van der Waals surface area contributed by atoms with E-state index in [-0.39, 0.29) is 5.91 Å². The molecule has 2 aromatic rings. The maximum absolute atomic E-state index is 12.0. The van der Waals surface area contributed by atoms with Crippen molar-refractivity contribution in [2.24, 2.45) is 5.10 Å². The van der Waals surface area contributed by atoms with Crippen LogP contribution in [-0.4, -0.2) is 18.7 Å². The third-order valence-corrected chi connectivity index (χ3v) is 3.25. The fourth-order valence-corrected chi connectivity index (χ4v) is 1.97. The van der Waals surface area contributed by atoms with Gasteiger partial charge in [0, 0.05) is 11.3 Å². The maximum atomic E-state index is 12.0. The number of nitrogen functional groups attached to an aromatic ring is 1. The summed E-state index contributed by atoms with van der Waals surface area (Å²) >= 11 is 0. The zero-order chi connectivity index (χ0) is 16.5. The molecule has 0 fully saturated rings. The fraction of sp³-hybridized carbons (Fsp3) is 0.222.